The summed E-state index contributed by atoms with van der Waals surface area (Å²) < 4.78 is 0. The van der Waals surface area contributed by atoms with E-state index in [1.807, 2.05) is 31.3 Å². The number of unbranched alkanes of at least 4 members (excludes halogenated alkanes) is 1. The number of hydrogen-bond acceptors (Lipinski definition) is 3. The Kier molecular flexibility index (Phi) is 6.81. The molecule has 0 fully saturated rings. The van der Waals surface area contributed by atoms with Crippen molar-refractivity contribution in [2.45, 2.75) is 19.4 Å². The zero-order valence-corrected chi connectivity index (χ0v) is 14.6. The van der Waals surface area contributed by atoms with Crippen LogP contribution in [0.2, 0.25) is 0 Å². The molecule has 0 aliphatic carbocycles. The molecule has 0 saturated heterocycles. The average Bonchev–Trinajstić information content (AvgIpc) is 3.05. The number of aromatic nitrogens is 1. The highest BCUT2D eigenvalue weighted by molar-refractivity contribution is 7.13. The molecule has 4 nitrogen and oxygen atoms in total. The molecule has 0 atom stereocenters. The van der Waals surface area contributed by atoms with Crippen molar-refractivity contribution in [3.05, 3.63) is 54.1 Å². The summed E-state index contributed by atoms with van der Waals surface area (Å²) in [6.07, 6.45) is 4.05. The fourth-order valence-electron chi connectivity index (χ4n) is 2.23. The fourth-order valence-corrected chi connectivity index (χ4v) is 3.06. The van der Waals surface area contributed by atoms with Gasteiger partial charge in [-0.25, -0.2) is 4.98 Å². The van der Waals surface area contributed by atoms with Gasteiger partial charge in [-0.15, -0.1) is 17.9 Å². The van der Waals surface area contributed by atoms with Gasteiger partial charge in [0, 0.05) is 31.6 Å². The number of rotatable bonds is 7. The highest BCUT2D eigenvalue weighted by Crippen LogP contribution is 2.23. The molecule has 0 aliphatic heterocycles. The van der Waals surface area contributed by atoms with E-state index < -0.39 is 0 Å². The molecule has 1 heterocycles. The number of hydrogen-bond donors (Lipinski definition) is 1. The molecule has 23 heavy (non-hydrogen) atoms. The summed E-state index contributed by atoms with van der Waals surface area (Å²) in [6.45, 7) is 5.39. The van der Waals surface area contributed by atoms with E-state index in [0.29, 0.717) is 6.54 Å². The smallest absolute Gasteiger partial charge is 0.193 e. The molecule has 1 N–H and O–H groups in total. The molecule has 122 valence electrons. The van der Waals surface area contributed by atoms with Crippen molar-refractivity contribution in [2.24, 2.45) is 4.99 Å². The van der Waals surface area contributed by atoms with E-state index in [1.54, 1.807) is 11.3 Å². The van der Waals surface area contributed by atoms with Crippen LogP contribution < -0.4 is 5.32 Å². The second-order valence-electron chi connectivity index (χ2n) is 5.26. The van der Waals surface area contributed by atoms with Crippen molar-refractivity contribution >= 4 is 17.3 Å². The van der Waals surface area contributed by atoms with Gasteiger partial charge in [-0.05, 0) is 12.8 Å². The van der Waals surface area contributed by atoms with Gasteiger partial charge in [-0.1, -0.05) is 36.4 Å². The summed E-state index contributed by atoms with van der Waals surface area (Å²) in [5, 5.41) is 6.52. The lowest BCUT2D eigenvalue weighted by molar-refractivity contribution is 0.469. The first kappa shape index (κ1) is 17.2. The number of thiazole rings is 1. The van der Waals surface area contributed by atoms with E-state index in [4.69, 9.17) is 4.98 Å². The summed E-state index contributed by atoms with van der Waals surface area (Å²) in [7, 11) is 3.86. The second kappa shape index (κ2) is 9.10. The highest BCUT2D eigenvalue weighted by atomic mass is 32.1. The van der Waals surface area contributed by atoms with Gasteiger partial charge in [-0.2, -0.15) is 0 Å². The first-order valence-electron chi connectivity index (χ1n) is 7.77. The van der Waals surface area contributed by atoms with Crippen molar-refractivity contribution in [1.29, 1.82) is 0 Å². The molecular formula is C18H24N4S. The Morgan fingerprint density at radius 1 is 1.39 bits per heavy atom. The number of allylic oxidation sites excluding steroid dienone is 1. The summed E-state index contributed by atoms with van der Waals surface area (Å²) in [4.78, 5) is 11.2. The van der Waals surface area contributed by atoms with E-state index in [2.05, 4.69) is 46.3 Å². The summed E-state index contributed by atoms with van der Waals surface area (Å²) in [5.41, 5.74) is 2.20. The molecule has 0 aliphatic rings. The van der Waals surface area contributed by atoms with Crippen LogP contribution in [0.3, 0.4) is 0 Å². The molecule has 0 saturated carbocycles. The SMILES string of the molecule is C=CCCCN(C)C(=NC)NCc1csc(-c2ccccc2)n1. The molecule has 2 rings (SSSR count). The van der Waals surface area contributed by atoms with Gasteiger partial charge in [0.25, 0.3) is 0 Å². The van der Waals surface area contributed by atoms with Gasteiger partial charge in [0.15, 0.2) is 5.96 Å². The van der Waals surface area contributed by atoms with Crippen LogP contribution in [0, 0.1) is 0 Å². The standard InChI is InChI=1S/C18H24N4S/c1-4-5-9-12-22(3)18(19-2)20-13-16-14-23-17(21-16)15-10-7-6-8-11-15/h4,6-8,10-11,14H,1,5,9,12-13H2,2-3H3,(H,19,20). The van der Waals surface area contributed by atoms with Crippen molar-refractivity contribution < 1.29 is 0 Å². The quantitative estimate of drug-likeness (QED) is 0.364. The molecule has 0 bridgehead atoms. The minimum atomic E-state index is 0.682. The molecular weight excluding hydrogens is 304 g/mol. The maximum Gasteiger partial charge on any atom is 0.193 e. The van der Waals surface area contributed by atoms with Crippen molar-refractivity contribution in [3.8, 4) is 10.6 Å². The maximum atomic E-state index is 4.69. The lowest BCUT2D eigenvalue weighted by Crippen LogP contribution is -2.39. The molecule has 1 aromatic carbocycles. The minimum absolute atomic E-state index is 0.682. The Labute approximate surface area is 142 Å². The van der Waals surface area contributed by atoms with E-state index in [-0.39, 0.29) is 0 Å². The third-order valence-electron chi connectivity index (χ3n) is 3.48. The van der Waals surface area contributed by atoms with Crippen molar-refractivity contribution in [1.82, 2.24) is 15.2 Å². The normalized spacial score (nSPS) is 11.3. The van der Waals surface area contributed by atoms with E-state index in [9.17, 15) is 0 Å². The number of guanidine groups is 1. The molecule has 5 heteroatoms. The molecule has 0 spiro atoms. The molecule has 0 radical (unpaired) electrons. The van der Waals surface area contributed by atoms with Crippen LogP contribution in [-0.4, -0.2) is 36.5 Å². The predicted octanol–water partition coefficient (Wildman–Crippen LogP) is 3.78. The van der Waals surface area contributed by atoms with Gasteiger partial charge in [-0.3, -0.25) is 4.99 Å². The first-order chi connectivity index (χ1) is 11.2. The molecule has 0 unspecified atom stereocenters. The topological polar surface area (TPSA) is 40.5 Å². The van der Waals surface area contributed by atoms with Gasteiger partial charge in [0.2, 0.25) is 0 Å². The Balaban J connectivity index is 1.90. The van der Waals surface area contributed by atoms with E-state index in [1.165, 1.54) is 0 Å². The van der Waals surface area contributed by atoms with Gasteiger partial charge >= 0.3 is 0 Å². The van der Waals surface area contributed by atoms with Crippen LogP contribution in [0.5, 0.6) is 0 Å². The Bertz CT molecular complexity index is 633. The Hall–Kier alpha value is -2.14. The lowest BCUT2D eigenvalue weighted by Gasteiger charge is -2.21. The number of aliphatic imine (C=N–C) groups is 1. The van der Waals surface area contributed by atoms with Crippen LogP contribution >= 0.6 is 11.3 Å². The van der Waals surface area contributed by atoms with Crippen LogP contribution in [0.15, 0.2) is 53.4 Å². The molecule has 2 aromatic rings. The Morgan fingerprint density at radius 3 is 2.87 bits per heavy atom. The average molecular weight is 328 g/mol. The van der Waals surface area contributed by atoms with E-state index in [0.717, 1.165) is 41.6 Å². The van der Waals surface area contributed by atoms with E-state index >= 15 is 0 Å². The third-order valence-corrected chi connectivity index (χ3v) is 4.42. The number of nitrogens with one attached hydrogen (secondary N) is 1. The lowest BCUT2D eigenvalue weighted by atomic mass is 10.2. The second-order valence-corrected chi connectivity index (χ2v) is 6.12. The Morgan fingerprint density at radius 2 is 2.17 bits per heavy atom. The largest absolute Gasteiger partial charge is 0.351 e. The highest BCUT2D eigenvalue weighted by Gasteiger charge is 2.08. The first-order valence-corrected chi connectivity index (χ1v) is 8.65. The zero-order chi connectivity index (χ0) is 16.5. The monoisotopic (exact) mass is 328 g/mol. The fraction of sp³-hybridized carbons (Fsp3) is 0.333. The summed E-state index contributed by atoms with van der Waals surface area (Å²) >= 11 is 1.67. The third kappa shape index (κ3) is 5.21. The number of nitrogens with zero attached hydrogens (tertiary/aromatic N) is 3. The van der Waals surface area contributed by atoms with Crippen molar-refractivity contribution in [2.75, 3.05) is 20.6 Å². The molecule has 1 aromatic heterocycles. The van der Waals surface area contributed by atoms with Crippen LogP contribution in [0.25, 0.3) is 10.6 Å². The molecule has 0 amide bonds. The summed E-state index contributed by atoms with van der Waals surface area (Å²) in [5.74, 6) is 0.892. The predicted molar refractivity (Wildman–Crippen MR) is 99.8 cm³/mol. The zero-order valence-electron chi connectivity index (χ0n) is 13.8. The number of benzene rings is 1. The van der Waals surface area contributed by atoms with Gasteiger partial charge in [0.1, 0.15) is 5.01 Å². The van der Waals surface area contributed by atoms with Crippen LogP contribution in [0.1, 0.15) is 18.5 Å². The van der Waals surface area contributed by atoms with Gasteiger partial charge < -0.3 is 10.2 Å². The van der Waals surface area contributed by atoms with Crippen LogP contribution in [0.4, 0.5) is 0 Å². The van der Waals surface area contributed by atoms with Crippen molar-refractivity contribution in [3.63, 3.8) is 0 Å². The maximum absolute atomic E-state index is 4.69. The van der Waals surface area contributed by atoms with Crippen LogP contribution in [-0.2, 0) is 6.54 Å². The summed E-state index contributed by atoms with van der Waals surface area (Å²) in [6, 6.07) is 10.3. The van der Waals surface area contributed by atoms with Gasteiger partial charge in [0.05, 0.1) is 12.2 Å². The minimum Gasteiger partial charge on any atom is -0.351 e.